The van der Waals surface area contributed by atoms with Crippen molar-refractivity contribution in [2.75, 3.05) is 6.61 Å². The van der Waals surface area contributed by atoms with Gasteiger partial charge in [0.15, 0.2) is 0 Å². The molecule has 1 fully saturated rings. The van der Waals surface area contributed by atoms with Crippen molar-refractivity contribution in [3.05, 3.63) is 23.3 Å². The zero-order valence-electron chi connectivity index (χ0n) is 17.2. The highest BCUT2D eigenvalue weighted by Gasteiger charge is 2.57. The van der Waals surface area contributed by atoms with Crippen molar-refractivity contribution in [1.29, 1.82) is 0 Å². The zero-order chi connectivity index (χ0) is 20.4. The Kier molecular flexibility index (Phi) is 6.56. The third-order valence-electron chi connectivity index (χ3n) is 7.11. The van der Waals surface area contributed by atoms with Crippen LogP contribution in [0.1, 0.15) is 66.7 Å². The van der Waals surface area contributed by atoms with Crippen molar-refractivity contribution >= 4 is 11.9 Å². The smallest absolute Gasteiger partial charge is 0.328 e. The Morgan fingerprint density at radius 1 is 1.33 bits per heavy atom. The number of aliphatic carboxylic acids is 1. The van der Waals surface area contributed by atoms with Crippen molar-refractivity contribution in [1.82, 2.24) is 0 Å². The number of esters is 1. The summed E-state index contributed by atoms with van der Waals surface area (Å²) < 4.78 is 5.36. The molecular formula is C22H34O5. The van der Waals surface area contributed by atoms with E-state index >= 15 is 0 Å². The van der Waals surface area contributed by atoms with E-state index in [0.29, 0.717) is 12.3 Å². The summed E-state index contributed by atoms with van der Waals surface area (Å²) in [5, 5.41) is 19.7. The van der Waals surface area contributed by atoms with Gasteiger partial charge >= 0.3 is 11.9 Å². The van der Waals surface area contributed by atoms with Crippen molar-refractivity contribution in [3.63, 3.8) is 0 Å². The molecule has 0 spiro atoms. The van der Waals surface area contributed by atoms with E-state index in [9.17, 15) is 14.7 Å². The highest BCUT2D eigenvalue weighted by atomic mass is 16.5. The molecule has 0 aliphatic heterocycles. The van der Waals surface area contributed by atoms with E-state index in [2.05, 4.69) is 19.9 Å². The summed E-state index contributed by atoms with van der Waals surface area (Å²) in [7, 11) is 0. The standard InChI is InChI=1S/C22H34O5/c1-14(12-20(25)26)6-8-17-15(2)7-9-18-21(17,4)11-10-19(24)22(18,5)13-27-16(3)23/h7,12,17-19,24H,6,8-11,13H2,1-5H3,(H,25,26)/b14-12+/t17-,18+,19+,21+,22+/m1/s1. The molecule has 27 heavy (non-hydrogen) atoms. The molecule has 2 rings (SSSR count). The molecule has 0 bridgehead atoms. The molecule has 5 nitrogen and oxygen atoms in total. The topological polar surface area (TPSA) is 83.8 Å². The van der Waals surface area contributed by atoms with E-state index in [1.807, 2.05) is 13.8 Å². The number of rotatable bonds is 6. The van der Waals surface area contributed by atoms with Crippen LogP contribution in [0.5, 0.6) is 0 Å². The number of carboxylic acid groups (broad SMARTS) is 1. The molecule has 152 valence electrons. The number of ether oxygens (including phenoxy) is 1. The van der Waals surface area contributed by atoms with Gasteiger partial charge in [0.05, 0.1) is 12.7 Å². The van der Waals surface area contributed by atoms with Gasteiger partial charge in [0.2, 0.25) is 0 Å². The molecule has 2 aliphatic carbocycles. The van der Waals surface area contributed by atoms with Crippen molar-refractivity contribution in [2.24, 2.45) is 22.7 Å². The number of carboxylic acids is 1. The lowest BCUT2D eigenvalue weighted by atomic mass is 9.47. The second kappa shape index (κ2) is 8.17. The van der Waals surface area contributed by atoms with Crippen LogP contribution in [-0.2, 0) is 14.3 Å². The number of hydrogen-bond acceptors (Lipinski definition) is 4. The first kappa shape index (κ1) is 21.7. The fourth-order valence-electron chi connectivity index (χ4n) is 5.53. The number of carbonyl (C=O) groups excluding carboxylic acids is 1. The Balaban J connectivity index is 2.28. The van der Waals surface area contributed by atoms with Gasteiger partial charge < -0.3 is 14.9 Å². The number of hydrogen-bond donors (Lipinski definition) is 2. The Bertz CT molecular complexity index is 649. The van der Waals surface area contributed by atoms with Gasteiger partial charge in [-0.05, 0) is 63.2 Å². The van der Waals surface area contributed by atoms with Crippen molar-refractivity contribution in [2.45, 2.75) is 72.8 Å². The average molecular weight is 379 g/mol. The van der Waals surface area contributed by atoms with Gasteiger partial charge in [-0.1, -0.05) is 31.1 Å². The molecular weight excluding hydrogens is 344 g/mol. The van der Waals surface area contributed by atoms with Gasteiger partial charge in [-0.15, -0.1) is 0 Å². The van der Waals surface area contributed by atoms with Crippen LogP contribution >= 0.6 is 0 Å². The summed E-state index contributed by atoms with van der Waals surface area (Å²) in [5.74, 6) is -0.672. The van der Waals surface area contributed by atoms with Crippen LogP contribution in [-0.4, -0.2) is 34.9 Å². The number of carbonyl (C=O) groups is 2. The zero-order valence-corrected chi connectivity index (χ0v) is 17.2. The van der Waals surface area contributed by atoms with Crippen LogP contribution in [0, 0.1) is 22.7 Å². The van der Waals surface area contributed by atoms with E-state index < -0.39 is 17.5 Å². The van der Waals surface area contributed by atoms with Gasteiger partial charge in [-0.25, -0.2) is 4.79 Å². The van der Waals surface area contributed by atoms with Gasteiger partial charge in [0.25, 0.3) is 0 Å². The molecule has 0 aromatic rings. The summed E-state index contributed by atoms with van der Waals surface area (Å²) in [6.45, 7) is 10.0. The Morgan fingerprint density at radius 2 is 2.00 bits per heavy atom. The molecule has 0 heterocycles. The summed E-state index contributed by atoms with van der Waals surface area (Å²) in [4.78, 5) is 22.3. The second-order valence-electron chi connectivity index (χ2n) is 9.00. The average Bonchev–Trinajstić information content (AvgIpc) is 2.55. The van der Waals surface area contributed by atoms with E-state index in [0.717, 1.165) is 31.3 Å². The van der Waals surface area contributed by atoms with Crippen molar-refractivity contribution in [3.8, 4) is 0 Å². The van der Waals surface area contributed by atoms with Gasteiger partial charge in [-0.3, -0.25) is 4.79 Å². The normalized spacial score (nSPS) is 36.6. The number of aliphatic hydroxyl groups excluding tert-OH is 1. The lowest BCUT2D eigenvalue weighted by Gasteiger charge is -2.59. The van der Waals surface area contributed by atoms with Crippen LogP contribution in [0.15, 0.2) is 23.3 Å². The first-order valence-corrected chi connectivity index (χ1v) is 9.89. The molecule has 5 atom stereocenters. The molecule has 2 N–H and O–H groups in total. The first-order chi connectivity index (χ1) is 12.5. The van der Waals surface area contributed by atoms with Crippen LogP contribution in [0.4, 0.5) is 0 Å². The second-order valence-corrected chi connectivity index (χ2v) is 9.00. The SMILES string of the molecule is CC(=O)OC[C@@]1(C)[C@H]2CC=C(C)[C@@H](CC/C(C)=C/C(=O)O)[C@]2(C)CC[C@@H]1O. The van der Waals surface area contributed by atoms with Crippen LogP contribution in [0.3, 0.4) is 0 Å². The van der Waals surface area contributed by atoms with Gasteiger partial charge in [-0.2, -0.15) is 0 Å². The summed E-state index contributed by atoms with van der Waals surface area (Å²) in [6.07, 6.45) is 7.19. The first-order valence-electron chi connectivity index (χ1n) is 9.89. The molecule has 0 unspecified atom stereocenters. The Labute approximate surface area is 162 Å². The molecule has 5 heteroatoms. The minimum atomic E-state index is -0.901. The number of fused-ring (bicyclic) bond motifs is 1. The molecule has 1 saturated carbocycles. The highest BCUT2D eigenvalue weighted by Crippen LogP contribution is 2.60. The summed E-state index contributed by atoms with van der Waals surface area (Å²) in [5.41, 5.74) is 1.75. The lowest BCUT2D eigenvalue weighted by molar-refractivity contribution is -0.169. The highest BCUT2D eigenvalue weighted by molar-refractivity contribution is 5.80. The van der Waals surface area contributed by atoms with Crippen LogP contribution < -0.4 is 0 Å². The third kappa shape index (κ3) is 4.45. The molecule has 0 amide bonds. The lowest BCUT2D eigenvalue weighted by Crippen LogP contribution is -2.57. The molecule has 0 radical (unpaired) electrons. The number of allylic oxidation sites excluding steroid dienone is 3. The minimum Gasteiger partial charge on any atom is -0.478 e. The van der Waals surface area contributed by atoms with E-state index in [1.54, 1.807) is 0 Å². The fraction of sp³-hybridized carbons (Fsp3) is 0.727. The Morgan fingerprint density at radius 3 is 2.59 bits per heavy atom. The van der Waals surface area contributed by atoms with Crippen LogP contribution in [0.25, 0.3) is 0 Å². The van der Waals surface area contributed by atoms with E-state index in [1.165, 1.54) is 18.6 Å². The van der Waals surface area contributed by atoms with Gasteiger partial charge in [0.1, 0.15) is 0 Å². The monoisotopic (exact) mass is 378 g/mol. The third-order valence-corrected chi connectivity index (χ3v) is 7.11. The number of aliphatic hydroxyl groups is 1. The van der Waals surface area contributed by atoms with Crippen LogP contribution in [0.2, 0.25) is 0 Å². The largest absolute Gasteiger partial charge is 0.478 e. The van der Waals surface area contributed by atoms with E-state index in [-0.39, 0.29) is 23.9 Å². The molecule has 0 saturated heterocycles. The summed E-state index contributed by atoms with van der Waals surface area (Å²) in [6, 6.07) is 0. The summed E-state index contributed by atoms with van der Waals surface area (Å²) >= 11 is 0. The fourth-order valence-corrected chi connectivity index (χ4v) is 5.53. The van der Waals surface area contributed by atoms with Gasteiger partial charge in [0, 0.05) is 18.4 Å². The maximum Gasteiger partial charge on any atom is 0.328 e. The maximum atomic E-state index is 11.4. The molecule has 0 aromatic carbocycles. The minimum absolute atomic E-state index is 0.00351. The Hall–Kier alpha value is -1.62. The van der Waals surface area contributed by atoms with Crippen molar-refractivity contribution < 1.29 is 24.5 Å². The predicted octanol–water partition coefficient (Wildman–Crippen LogP) is 4.11. The quantitative estimate of drug-likeness (QED) is 0.413. The molecule has 0 aromatic heterocycles. The van der Waals surface area contributed by atoms with E-state index in [4.69, 9.17) is 9.84 Å². The predicted molar refractivity (Wildman–Crippen MR) is 104 cm³/mol. The maximum absolute atomic E-state index is 11.4. The molecule has 2 aliphatic rings.